The van der Waals surface area contributed by atoms with E-state index in [0.717, 1.165) is 6.07 Å². The second-order valence-corrected chi connectivity index (χ2v) is 2.73. The second kappa shape index (κ2) is 6.44. The van der Waals surface area contributed by atoms with Crippen LogP contribution in [0, 0.1) is 17.2 Å². The van der Waals surface area contributed by atoms with Gasteiger partial charge in [-0.2, -0.15) is 18.4 Å². The zero-order chi connectivity index (χ0) is 11.0. The Balaban J connectivity index is 3.66. The first-order valence-electron chi connectivity index (χ1n) is 4.17. The number of ether oxygens (including phenoxy) is 1. The van der Waals surface area contributed by atoms with Gasteiger partial charge in [0.05, 0.1) is 12.7 Å². The lowest BCUT2D eigenvalue weighted by atomic mass is 10.2. The van der Waals surface area contributed by atoms with Crippen molar-refractivity contribution in [2.75, 3.05) is 13.2 Å². The summed E-state index contributed by atoms with van der Waals surface area (Å²) < 4.78 is 40.7. The number of allylic oxidation sites excluding steroid dienone is 1. The molecule has 0 radical (unpaired) electrons. The highest BCUT2D eigenvalue weighted by molar-refractivity contribution is 4.88. The molecule has 0 amide bonds. The fourth-order valence-electron chi connectivity index (χ4n) is 0.736. The lowest BCUT2D eigenvalue weighted by molar-refractivity contribution is -0.171. The van der Waals surface area contributed by atoms with Crippen molar-refractivity contribution in [1.82, 2.24) is 0 Å². The number of unbranched alkanes of at least 4 members (excludes halogenated alkanes) is 1. The minimum Gasteiger partial charge on any atom is -0.380 e. The molecule has 0 aliphatic rings. The van der Waals surface area contributed by atoms with E-state index in [1.807, 2.05) is 0 Å². The summed E-state index contributed by atoms with van der Waals surface area (Å²) in [5, 5.41) is 8.20. The van der Waals surface area contributed by atoms with E-state index >= 15 is 0 Å². The number of rotatable bonds is 6. The molecule has 0 aliphatic heterocycles. The Morgan fingerprint density at radius 1 is 1.50 bits per heavy atom. The van der Waals surface area contributed by atoms with Gasteiger partial charge in [0, 0.05) is 6.61 Å². The van der Waals surface area contributed by atoms with Crippen LogP contribution in [0.25, 0.3) is 0 Å². The Bertz CT molecular complexity index is 207. The molecule has 14 heavy (non-hydrogen) atoms. The molecule has 5 heteroatoms. The van der Waals surface area contributed by atoms with Gasteiger partial charge in [-0.05, 0) is 12.8 Å². The number of alkyl halides is 3. The summed E-state index contributed by atoms with van der Waals surface area (Å²) >= 11 is 0. The summed E-state index contributed by atoms with van der Waals surface area (Å²) in [6.07, 6.45) is -1.51. The molecule has 1 unspecified atom stereocenters. The Hall–Kier alpha value is -1.02. The van der Waals surface area contributed by atoms with Crippen LogP contribution >= 0.6 is 0 Å². The smallest absolute Gasteiger partial charge is 0.380 e. The molecule has 0 spiro atoms. The van der Waals surface area contributed by atoms with Crippen LogP contribution < -0.4 is 0 Å². The van der Waals surface area contributed by atoms with Crippen molar-refractivity contribution in [2.24, 2.45) is 5.92 Å². The molecule has 1 atom stereocenters. The minimum absolute atomic E-state index is 0.222. The van der Waals surface area contributed by atoms with Gasteiger partial charge in [0.1, 0.15) is 0 Å². The second-order valence-electron chi connectivity index (χ2n) is 2.73. The SMILES string of the molecule is C=CCCCOCC(C#N)C(F)(F)F. The van der Waals surface area contributed by atoms with E-state index in [1.165, 1.54) is 0 Å². The first kappa shape index (κ1) is 13.0. The third-order valence-electron chi connectivity index (χ3n) is 1.53. The van der Waals surface area contributed by atoms with Crippen molar-refractivity contribution in [3.05, 3.63) is 12.7 Å². The van der Waals surface area contributed by atoms with Gasteiger partial charge in [0.2, 0.25) is 0 Å². The monoisotopic (exact) mass is 207 g/mol. The minimum atomic E-state index is -4.49. The molecule has 0 aliphatic carbocycles. The Kier molecular flexibility index (Phi) is 5.97. The average Bonchev–Trinajstić information content (AvgIpc) is 2.09. The van der Waals surface area contributed by atoms with Crippen molar-refractivity contribution in [3.8, 4) is 6.07 Å². The normalized spacial score (nSPS) is 13.3. The molecule has 0 N–H and O–H groups in total. The predicted octanol–water partition coefficient (Wildman–Crippen LogP) is 2.67. The van der Waals surface area contributed by atoms with Gasteiger partial charge >= 0.3 is 6.18 Å². The highest BCUT2D eigenvalue weighted by Gasteiger charge is 2.39. The number of hydrogen-bond donors (Lipinski definition) is 0. The fourth-order valence-corrected chi connectivity index (χ4v) is 0.736. The van der Waals surface area contributed by atoms with Gasteiger partial charge in [0.15, 0.2) is 5.92 Å². The number of hydrogen-bond acceptors (Lipinski definition) is 2. The maximum absolute atomic E-state index is 12.0. The average molecular weight is 207 g/mol. The molecule has 0 fully saturated rings. The maximum atomic E-state index is 12.0. The van der Waals surface area contributed by atoms with Crippen LogP contribution in [-0.2, 0) is 4.74 Å². The molecule has 0 rings (SSSR count). The van der Waals surface area contributed by atoms with Crippen LogP contribution in [-0.4, -0.2) is 19.4 Å². The molecular weight excluding hydrogens is 195 g/mol. The molecule has 0 aromatic heterocycles. The third-order valence-corrected chi connectivity index (χ3v) is 1.53. The molecular formula is C9H12F3NO. The van der Waals surface area contributed by atoms with Crippen LogP contribution in [0.15, 0.2) is 12.7 Å². The van der Waals surface area contributed by atoms with E-state index in [-0.39, 0.29) is 6.61 Å². The molecule has 2 nitrogen and oxygen atoms in total. The zero-order valence-corrected chi connectivity index (χ0v) is 7.68. The number of halogens is 3. The maximum Gasteiger partial charge on any atom is 0.406 e. The van der Waals surface area contributed by atoms with Crippen LogP contribution in [0.4, 0.5) is 13.2 Å². The van der Waals surface area contributed by atoms with Crippen LogP contribution in [0.1, 0.15) is 12.8 Å². The molecule has 80 valence electrons. The van der Waals surface area contributed by atoms with Gasteiger partial charge in [-0.25, -0.2) is 0 Å². The van der Waals surface area contributed by atoms with Gasteiger partial charge in [-0.15, -0.1) is 6.58 Å². The standard InChI is InChI=1S/C9H12F3NO/c1-2-3-4-5-14-7-8(6-13)9(10,11)12/h2,8H,1,3-5,7H2. The van der Waals surface area contributed by atoms with Crippen LogP contribution in [0.2, 0.25) is 0 Å². The van der Waals surface area contributed by atoms with Crippen molar-refractivity contribution < 1.29 is 17.9 Å². The molecule has 0 saturated carbocycles. The van der Waals surface area contributed by atoms with E-state index in [4.69, 9.17) is 10.00 Å². The summed E-state index contributed by atoms with van der Waals surface area (Å²) in [4.78, 5) is 0. The fraction of sp³-hybridized carbons (Fsp3) is 0.667. The summed E-state index contributed by atoms with van der Waals surface area (Å²) in [6.45, 7) is 3.10. The van der Waals surface area contributed by atoms with Crippen molar-refractivity contribution >= 4 is 0 Å². The summed E-state index contributed by atoms with van der Waals surface area (Å²) in [5.74, 6) is -2.02. The van der Waals surface area contributed by atoms with E-state index < -0.39 is 18.7 Å². The van der Waals surface area contributed by atoms with E-state index in [1.54, 1.807) is 6.08 Å². The topological polar surface area (TPSA) is 33.0 Å². The van der Waals surface area contributed by atoms with Crippen molar-refractivity contribution in [3.63, 3.8) is 0 Å². The molecule has 0 aromatic rings. The highest BCUT2D eigenvalue weighted by Crippen LogP contribution is 2.25. The number of nitriles is 1. The van der Waals surface area contributed by atoms with E-state index in [2.05, 4.69) is 6.58 Å². The quantitative estimate of drug-likeness (QED) is 0.495. The Morgan fingerprint density at radius 2 is 2.14 bits per heavy atom. The number of nitrogens with zero attached hydrogens (tertiary/aromatic N) is 1. The van der Waals surface area contributed by atoms with Crippen LogP contribution in [0.5, 0.6) is 0 Å². The summed E-state index contributed by atoms with van der Waals surface area (Å²) in [7, 11) is 0. The van der Waals surface area contributed by atoms with E-state index in [9.17, 15) is 13.2 Å². The largest absolute Gasteiger partial charge is 0.406 e. The first-order valence-corrected chi connectivity index (χ1v) is 4.17. The predicted molar refractivity (Wildman–Crippen MR) is 45.4 cm³/mol. The molecule has 0 heterocycles. The zero-order valence-electron chi connectivity index (χ0n) is 7.68. The Labute approximate surface area is 81.0 Å². The Morgan fingerprint density at radius 3 is 2.57 bits per heavy atom. The van der Waals surface area contributed by atoms with E-state index in [0.29, 0.717) is 12.8 Å². The van der Waals surface area contributed by atoms with Gasteiger partial charge < -0.3 is 4.74 Å². The lowest BCUT2D eigenvalue weighted by Gasteiger charge is -2.12. The lowest BCUT2D eigenvalue weighted by Crippen LogP contribution is -2.26. The molecule has 0 saturated heterocycles. The molecule has 0 aromatic carbocycles. The summed E-state index contributed by atoms with van der Waals surface area (Å²) in [6, 6.07) is 1.16. The van der Waals surface area contributed by atoms with Gasteiger partial charge in [-0.3, -0.25) is 0 Å². The first-order chi connectivity index (χ1) is 6.52. The van der Waals surface area contributed by atoms with Gasteiger partial charge in [-0.1, -0.05) is 6.08 Å². The molecule has 0 bridgehead atoms. The van der Waals surface area contributed by atoms with Crippen molar-refractivity contribution in [1.29, 1.82) is 5.26 Å². The van der Waals surface area contributed by atoms with Crippen molar-refractivity contribution in [2.45, 2.75) is 19.0 Å². The summed E-state index contributed by atoms with van der Waals surface area (Å²) in [5.41, 5.74) is 0. The van der Waals surface area contributed by atoms with Crippen LogP contribution in [0.3, 0.4) is 0 Å². The third kappa shape index (κ3) is 5.60. The van der Waals surface area contributed by atoms with Gasteiger partial charge in [0.25, 0.3) is 0 Å². The highest BCUT2D eigenvalue weighted by atomic mass is 19.4.